The van der Waals surface area contributed by atoms with Crippen molar-refractivity contribution in [2.45, 2.75) is 37.9 Å². The van der Waals surface area contributed by atoms with Crippen LogP contribution in [0.2, 0.25) is 0 Å². The van der Waals surface area contributed by atoms with E-state index in [-0.39, 0.29) is 17.4 Å². The van der Waals surface area contributed by atoms with Crippen LogP contribution in [0, 0.1) is 16.7 Å². The molecule has 1 aromatic heterocycles. The number of pyridine rings is 1. The predicted octanol–water partition coefficient (Wildman–Crippen LogP) is 5.34. The molecule has 1 spiro atoms. The lowest BCUT2D eigenvalue weighted by molar-refractivity contribution is -0.137. The second-order valence-electron chi connectivity index (χ2n) is 9.52. The highest BCUT2D eigenvalue weighted by atomic mass is 19.4. The van der Waals surface area contributed by atoms with Crippen molar-refractivity contribution in [3.63, 3.8) is 0 Å². The van der Waals surface area contributed by atoms with Crippen LogP contribution in [0.25, 0.3) is 0 Å². The zero-order chi connectivity index (χ0) is 25.3. The van der Waals surface area contributed by atoms with Crippen molar-refractivity contribution in [1.82, 2.24) is 9.88 Å². The summed E-state index contributed by atoms with van der Waals surface area (Å²) in [4.78, 5) is 24.1. The van der Waals surface area contributed by atoms with Crippen LogP contribution < -0.4 is 5.32 Å². The van der Waals surface area contributed by atoms with Gasteiger partial charge in [-0.1, -0.05) is 18.2 Å². The van der Waals surface area contributed by atoms with E-state index >= 15 is 0 Å². The van der Waals surface area contributed by atoms with Gasteiger partial charge in [0, 0.05) is 49.1 Å². The maximum Gasteiger partial charge on any atom is 0.417 e. The number of anilines is 1. The van der Waals surface area contributed by atoms with Crippen LogP contribution in [-0.4, -0.2) is 40.6 Å². The average molecular weight is 492 g/mol. The first-order chi connectivity index (χ1) is 17.3. The lowest BCUT2D eigenvalue weighted by Crippen LogP contribution is -2.40. The van der Waals surface area contributed by atoms with Crippen molar-refractivity contribution < 1.29 is 18.0 Å². The molecule has 1 amide bonds. The van der Waals surface area contributed by atoms with E-state index in [1.165, 1.54) is 6.07 Å². The Morgan fingerprint density at radius 3 is 2.75 bits per heavy atom. The van der Waals surface area contributed by atoms with Gasteiger partial charge in [0.1, 0.15) is 5.82 Å². The van der Waals surface area contributed by atoms with E-state index < -0.39 is 11.7 Å². The third-order valence-electron chi connectivity index (χ3n) is 7.01. The molecule has 0 unspecified atom stereocenters. The summed E-state index contributed by atoms with van der Waals surface area (Å²) < 4.78 is 38.5. The van der Waals surface area contributed by atoms with Gasteiger partial charge in [-0.15, -0.1) is 0 Å². The number of carbonyl (C=O) groups excluding carboxylic acids is 1. The van der Waals surface area contributed by atoms with Crippen molar-refractivity contribution in [2.24, 2.45) is 10.4 Å². The molecule has 1 saturated carbocycles. The highest BCUT2D eigenvalue weighted by Gasteiger charge is 2.53. The van der Waals surface area contributed by atoms with Crippen LogP contribution in [0.3, 0.4) is 0 Å². The third kappa shape index (κ3) is 4.89. The van der Waals surface area contributed by atoms with E-state index in [2.05, 4.69) is 21.4 Å². The Labute approximate surface area is 206 Å². The summed E-state index contributed by atoms with van der Waals surface area (Å²) in [6.07, 6.45) is 7.19. The summed E-state index contributed by atoms with van der Waals surface area (Å²) in [5.74, 6) is 0.156. The fourth-order valence-electron chi connectivity index (χ4n) is 4.88. The Hall–Kier alpha value is -3.93. The molecule has 6 nitrogen and oxygen atoms in total. The quantitative estimate of drug-likeness (QED) is 0.612. The van der Waals surface area contributed by atoms with Gasteiger partial charge in [0.15, 0.2) is 0 Å². The number of benzene rings is 1. The largest absolute Gasteiger partial charge is 0.417 e. The minimum atomic E-state index is -4.44. The minimum Gasteiger partial charge on any atom is -0.368 e. The van der Waals surface area contributed by atoms with Gasteiger partial charge in [-0.3, -0.25) is 9.79 Å². The third-order valence-corrected chi connectivity index (χ3v) is 7.01. The molecule has 2 aromatic rings. The molecule has 2 fully saturated rings. The summed E-state index contributed by atoms with van der Waals surface area (Å²) >= 11 is 0. The lowest BCUT2D eigenvalue weighted by atomic mass is 9.97. The van der Waals surface area contributed by atoms with Crippen molar-refractivity contribution in [3.05, 3.63) is 83.2 Å². The molecule has 1 atom stereocenters. The molecule has 3 aliphatic rings. The topological polar surface area (TPSA) is 81.4 Å². The number of hydrogen-bond acceptors (Lipinski definition) is 5. The molecular formula is C27H24F3N5O. The van der Waals surface area contributed by atoms with Gasteiger partial charge >= 0.3 is 6.18 Å². The second kappa shape index (κ2) is 9.26. The molecule has 2 aliphatic heterocycles. The van der Waals surface area contributed by atoms with Crippen LogP contribution in [-0.2, 0) is 6.18 Å². The highest BCUT2D eigenvalue weighted by molar-refractivity contribution is 6.11. The fourth-order valence-corrected chi connectivity index (χ4v) is 4.88. The zero-order valence-electron chi connectivity index (χ0n) is 19.4. The molecule has 1 saturated heterocycles. The zero-order valence-corrected chi connectivity index (χ0v) is 19.4. The van der Waals surface area contributed by atoms with E-state index in [0.717, 1.165) is 37.2 Å². The average Bonchev–Trinajstić information content (AvgIpc) is 3.60. The van der Waals surface area contributed by atoms with Gasteiger partial charge in [0.25, 0.3) is 5.91 Å². The van der Waals surface area contributed by atoms with Crippen LogP contribution in [0.4, 0.5) is 19.0 Å². The van der Waals surface area contributed by atoms with Gasteiger partial charge < -0.3 is 10.2 Å². The first-order valence-corrected chi connectivity index (χ1v) is 11.8. The summed E-state index contributed by atoms with van der Waals surface area (Å²) in [5.41, 5.74) is 1.56. The van der Waals surface area contributed by atoms with Crippen molar-refractivity contribution in [1.29, 1.82) is 5.26 Å². The molecule has 1 aliphatic carbocycles. The Balaban J connectivity index is 1.39. The maximum atomic E-state index is 13.9. The van der Waals surface area contributed by atoms with E-state index in [9.17, 15) is 23.2 Å². The van der Waals surface area contributed by atoms with E-state index in [4.69, 9.17) is 0 Å². The number of halogens is 3. The summed E-state index contributed by atoms with van der Waals surface area (Å²) in [6, 6.07) is 9.35. The number of aliphatic imine (C=N–C) groups is 1. The van der Waals surface area contributed by atoms with Crippen LogP contribution in [0.5, 0.6) is 0 Å². The molecule has 184 valence electrons. The SMILES string of the molecule is N#Cc1ccc(C2=NC=CC=CC2)c(C(=O)N2CC3(CC3)C[C@H]2CNc2ccc(C(F)(F)F)cn2)c1. The number of amides is 1. The highest BCUT2D eigenvalue weighted by Crippen LogP contribution is 2.55. The van der Waals surface area contributed by atoms with Crippen LogP contribution >= 0.6 is 0 Å². The number of likely N-dealkylation sites (tertiary alicyclic amines) is 1. The lowest BCUT2D eigenvalue weighted by Gasteiger charge is -2.26. The number of allylic oxidation sites excluding steroid dienone is 3. The molecule has 5 rings (SSSR count). The number of nitrogens with one attached hydrogen (secondary N) is 1. The Morgan fingerprint density at radius 1 is 1.22 bits per heavy atom. The number of nitriles is 1. The van der Waals surface area contributed by atoms with Gasteiger partial charge in [0.05, 0.1) is 22.9 Å². The van der Waals surface area contributed by atoms with E-state index in [1.54, 1.807) is 24.4 Å². The number of carbonyl (C=O) groups is 1. The second-order valence-corrected chi connectivity index (χ2v) is 9.52. The van der Waals surface area contributed by atoms with Crippen molar-refractivity contribution in [2.75, 3.05) is 18.4 Å². The number of hydrogen-bond donors (Lipinski definition) is 1. The smallest absolute Gasteiger partial charge is 0.368 e. The van der Waals surface area contributed by atoms with E-state index in [1.807, 2.05) is 23.1 Å². The van der Waals surface area contributed by atoms with Crippen LogP contribution in [0.15, 0.2) is 65.9 Å². The summed E-state index contributed by atoms with van der Waals surface area (Å²) in [5, 5.41) is 12.6. The van der Waals surface area contributed by atoms with Crippen molar-refractivity contribution in [3.8, 4) is 6.07 Å². The monoisotopic (exact) mass is 491 g/mol. The Morgan fingerprint density at radius 2 is 2.06 bits per heavy atom. The summed E-state index contributed by atoms with van der Waals surface area (Å²) in [6.45, 7) is 0.979. The normalized spacial score (nSPS) is 20.1. The molecule has 0 radical (unpaired) electrons. The number of alkyl halides is 3. The molecule has 9 heteroatoms. The fraction of sp³-hybridized carbons (Fsp3) is 0.333. The first-order valence-electron chi connectivity index (χ1n) is 11.8. The summed E-state index contributed by atoms with van der Waals surface area (Å²) in [7, 11) is 0. The Kier molecular flexibility index (Phi) is 6.12. The number of rotatable bonds is 5. The number of nitrogens with zero attached hydrogens (tertiary/aromatic N) is 4. The molecule has 36 heavy (non-hydrogen) atoms. The Bertz CT molecular complexity index is 1300. The molecule has 1 N–H and O–H groups in total. The van der Waals surface area contributed by atoms with Gasteiger partial charge in [-0.25, -0.2) is 4.98 Å². The molecule has 0 bridgehead atoms. The standard InChI is InChI=1S/C27H24F3N5O/c28-27(29,30)19-6-8-24(33-15-19)34-16-20-13-26(9-10-26)17-35(20)25(36)22-12-18(14-31)5-7-21(22)23-4-2-1-3-11-32-23/h1-3,5-8,11-12,15,20H,4,9-10,13,16-17H2,(H,33,34)/t20-/m0/s1. The number of aromatic nitrogens is 1. The molecular weight excluding hydrogens is 467 g/mol. The minimum absolute atomic E-state index is 0.0912. The van der Waals surface area contributed by atoms with Gasteiger partial charge in [0.2, 0.25) is 0 Å². The van der Waals surface area contributed by atoms with Crippen LogP contribution in [0.1, 0.15) is 52.7 Å². The van der Waals surface area contributed by atoms with Gasteiger partial charge in [-0.2, -0.15) is 18.4 Å². The predicted molar refractivity (Wildman–Crippen MR) is 129 cm³/mol. The first kappa shape index (κ1) is 23.8. The van der Waals surface area contributed by atoms with Gasteiger partial charge in [-0.05, 0) is 55.0 Å². The molecule has 3 heterocycles. The maximum absolute atomic E-state index is 13.9. The molecule has 1 aromatic carbocycles. The van der Waals surface area contributed by atoms with E-state index in [0.29, 0.717) is 42.0 Å². The van der Waals surface area contributed by atoms with Crippen molar-refractivity contribution >= 4 is 17.4 Å².